The summed E-state index contributed by atoms with van der Waals surface area (Å²) in [6.45, 7) is 7.70. The molecule has 0 aromatic carbocycles. The van der Waals surface area contributed by atoms with Gasteiger partial charge in [0, 0.05) is 19.2 Å². The molecule has 1 unspecified atom stereocenters. The van der Waals surface area contributed by atoms with E-state index in [9.17, 15) is 0 Å². The van der Waals surface area contributed by atoms with E-state index in [1.807, 2.05) is 6.92 Å². The summed E-state index contributed by atoms with van der Waals surface area (Å²) in [5.74, 6) is 1.36. The minimum atomic E-state index is -0.202. The zero-order valence-corrected chi connectivity index (χ0v) is 10.5. The molecule has 0 radical (unpaired) electrons. The third-order valence-electron chi connectivity index (χ3n) is 2.64. The van der Waals surface area contributed by atoms with Crippen LogP contribution < -0.4 is 16.4 Å². The maximum absolute atomic E-state index is 5.84. The lowest BCUT2D eigenvalue weighted by Gasteiger charge is -2.42. The van der Waals surface area contributed by atoms with E-state index in [-0.39, 0.29) is 17.7 Å². The van der Waals surface area contributed by atoms with Crippen LogP contribution in [0.4, 0.5) is 17.6 Å². The highest BCUT2D eigenvalue weighted by molar-refractivity contribution is 5.51. The zero-order chi connectivity index (χ0) is 12.6. The van der Waals surface area contributed by atoms with E-state index in [0.717, 1.165) is 18.9 Å². The van der Waals surface area contributed by atoms with Gasteiger partial charge in [-0.3, -0.25) is 0 Å². The van der Waals surface area contributed by atoms with Crippen LogP contribution in [-0.4, -0.2) is 34.8 Å². The van der Waals surface area contributed by atoms with E-state index in [1.54, 1.807) is 6.07 Å². The first kappa shape index (κ1) is 11.9. The molecule has 0 spiro atoms. The molecule has 6 nitrogen and oxygen atoms in total. The van der Waals surface area contributed by atoms with Crippen LogP contribution in [0.1, 0.15) is 20.8 Å². The predicted molar refractivity (Wildman–Crippen MR) is 67.7 cm³/mol. The van der Waals surface area contributed by atoms with E-state index in [0.29, 0.717) is 5.82 Å². The van der Waals surface area contributed by atoms with Crippen molar-refractivity contribution < 1.29 is 4.74 Å². The van der Waals surface area contributed by atoms with Gasteiger partial charge in [0.1, 0.15) is 11.6 Å². The number of morpholine rings is 1. The van der Waals surface area contributed by atoms with Crippen molar-refractivity contribution in [1.82, 2.24) is 9.97 Å². The summed E-state index contributed by atoms with van der Waals surface area (Å²) >= 11 is 0. The Labute approximate surface area is 101 Å². The van der Waals surface area contributed by atoms with Gasteiger partial charge >= 0.3 is 0 Å². The summed E-state index contributed by atoms with van der Waals surface area (Å²) in [6.07, 6.45) is 0.149. The molecule has 0 saturated carbocycles. The number of hydrogen-bond acceptors (Lipinski definition) is 6. The summed E-state index contributed by atoms with van der Waals surface area (Å²) < 4.78 is 5.84. The first-order chi connectivity index (χ1) is 7.85. The average Bonchev–Trinajstić information content (AvgIpc) is 2.12. The minimum Gasteiger partial charge on any atom is -0.383 e. The van der Waals surface area contributed by atoms with Crippen LogP contribution in [0.25, 0.3) is 0 Å². The Balaban J connectivity index is 2.26. The third-order valence-corrected chi connectivity index (χ3v) is 2.64. The maximum Gasteiger partial charge on any atom is 0.223 e. The molecule has 1 aliphatic heterocycles. The third kappa shape index (κ3) is 2.76. The summed E-state index contributed by atoms with van der Waals surface area (Å²) in [5, 5.41) is 0. The Morgan fingerprint density at radius 2 is 2.12 bits per heavy atom. The van der Waals surface area contributed by atoms with Crippen LogP contribution in [0.15, 0.2) is 6.07 Å². The molecule has 1 aromatic heterocycles. The van der Waals surface area contributed by atoms with Crippen molar-refractivity contribution in [2.45, 2.75) is 32.5 Å². The summed E-state index contributed by atoms with van der Waals surface area (Å²) in [4.78, 5) is 10.2. The van der Waals surface area contributed by atoms with Crippen molar-refractivity contribution in [2.24, 2.45) is 0 Å². The van der Waals surface area contributed by atoms with Crippen molar-refractivity contribution in [1.29, 1.82) is 0 Å². The standard InChI is InChI=1S/C11H19N5O/c1-7-5-16(6-11(2,3)17-7)9-4-8(12)14-10(13)15-9/h4,7H,5-6H2,1-3H3,(H4,12,13,14,15). The zero-order valence-electron chi connectivity index (χ0n) is 10.5. The fourth-order valence-corrected chi connectivity index (χ4v) is 2.26. The number of rotatable bonds is 1. The maximum atomic E-state index is 5.84. The van der Waals surface area contributed by atoms with Gasteiger partial charge in [-0.05, 0) is 20.8 Å². The van der Waals surface area contributed by atoms with E-state index in [2.05, 4.69) is 28.7 Å². The van der Waals surface area contributed by atoms with Gasteiger partial charge < -0.3 is 21.1 Å². The molecule has 94 valence electrons. The quantitative estimate of drug-likeness (QED) is 0.745. The van der Waals surface area contributed by atoms with Crippen LogP contribution in [0.2, 0.25) is 0 Å². The van der Waals surface area contributed by atoms with Gasteiger partial charge in [0.2, 0.25) is 5.95 Å². The number of ether oxygens (including phenoxy) is 1. The first-order valence-electron chi connectivity index (χ1n) is 5.68. The molecule has 1 aliphatic rings. The normalized spacial score (nSPS) is 23.7. The summed E-state index contributed by atoms with van der Waals surface area (Å²) in [5.41, 5.74) is 11.1. The second-order valence-electron chi connectivity index (χ2n) is 5.08. The molecular formula is C11H19N5O. The number of anilines is 3. The van der Waals surface area contributed by atoms with Crippen LogP contribution in [0.5, 0.6) is 0 Å². The van der Waals surface area contributed by atoms with Gasteiger partial charge in [-0.2, -0.15) is 9.97 Å². The number of nitrogen functional groups attached to an aromatic ring is 2. The number of nitrogens with two attached hydrogens (primary N) is 2. The van der Waals surface area contributed by atoms with Gasteiger partial charge in [0.05, 0.1) is 11.7 Å². The Morgan fingerprint density at radius 3 is 2.71 bits per heavy atom. The fourth-order valence-electron chi connectivity index (χ4n) is 2.26. The molecule has 1 saturated heterocycles. The van der Waals surface area contributed by atoms with Crippen LogP contribution in [-0.2, 0) is 4.74 Å². The van der Waals surface area contributed by atoms with Crippen molar-refractivity contribution in [3.63, 3.8) is 0 Å². The van der Waals surface area contributed by atoms with E-state index in [4.69, 9.17) is 16.2 Å². The second kappa shape index (κ2) is 4.03. The van der Waals surface area contributed by atoms with Gasteiger partial charge in [0.15, 0.2) is 0 Å². The minimum absolute atomic E-state index is 0.149. The van der Waals surface area contributed by atoms with E-state index >= 15 is 0 Å². The average molecular weight is 237 g/mol. The molecule has 0 amide bonds. The molecule has 0 bridgehead atoms. The van der Waals surface area contributed by atoms with Crippen molar-refractivity contribution in [2.75, 3.05) is 29.5 Å². The number of nitrogens with zero attached hydrogens (tertiary/aromatic N) is 3. The van der Waals surface area contributed by atoms with E-state index < -0.39 is 0 Å². The topological polar surface area (TPSA) is 90.3 Å². The van der Waals surface area contributed by atoms with Gasteiger partial charge in [-0.15, -0.1) is 0 Å². The molecule has 17 heavy (non-hydrogen) atoms. The SMILES string of the molecule is CC1CN(c2cc(N)nc(N)n2)CC(C)(C)O1. The Morgan fingerprint density at radius 1 is 1.41 bits per heavy atom. The molecule has 1 atom stereocenters. The second-order valence-corrected chi connectivity index (χ2v) is 5.08. The molecule has 0 aliphatic carbocycles. The lowest BCUT2D eigenvalue weighted by atomic mass is 10.1. The van der Waals surface area contributed by atoms with E-state index in [1.165, 1.54) is 0 Å². The predicted octanol–water partition coefficient (Wildman–Crippen LogP) is 0.645. The van der Waals surface area contributed by atoms with Crippen molar-refractivity contribution in [3.05, 3.63) is 6.07 Å². The van der Waals surface area contributed by atoms with Crippen molar-refractivity contribution >= 4 is 17.6 Å². The van der Waals surface area contributed by atoms with Crippen LogP contribution in [0.3, 0.4) is 0 Å². The number of aromatic nitrogens is 2. The molecule has 6 heteroatoms. The lowest BCUT2D eigenvalue weighted by molar-refractivity contribution is -0.0751. The highest BCUT2D eigenvalue weighted by Crippen LogP contribution is 2.25. The first-order valence-corrected chi connectivity index (χ1v) is 5.68. The molecule has 4 N–H and O–H groups in total. The highest BCUT2D eigenvalue weighted by Gasteiger charge is 2.32. The number of hydrogen-bond donors (Lipinski definition) is 2. The van der Waals surface area contributed by atoms with Crippen LogP contribution in [0, 0.1) is 0 Å². The smallest absolute Gasteiger partial charge is 0.223 e. The fraction of sp³-hybridized carbons (Fsp3) is 0.636. The molecule has 2 heterocycles. The Kier molecular flexibility index (Phi) is 2.82. The largest absolute Gasteiger partial charge is 0.383 e. The molecular weight excluding hydrogens is 218 g/mol. The molecule has 1 fully saturated rings. The summed E-state index contributed by atoms with van der Waals surface area (Å²) in [6, 6.07) is 1.74. The van der Waals surface area contributed by atoms with Crippen molar-refractivity contribution in [3.8, 4) is 0 Å². The summed E-state index contributed by atoms with van der Waals surface area (Å²) in [7, 11) is 0. The van der Waals surface area contributed by atoms with Gasteiger partial charge in [0.25, 0.3) is 0 Å². The molecule has 1 aromatic rings. The van der Waals surface area contributed by atoms with Gasteiger partial charge in [-0.25, -0.2) is 0 Å². The van der Waals surface area contributed by atoms with Gasteiger partial charge in [-0.1, -0.05) is 0 Å². The lowest BCUT2D eigenvalue weighted by Crippen LogP contribution is -2.52. The molecule has 2 rings (SSSR count). The Hall–Kier alpha value is -1.56. The van der Waals surface area contributed by atoms with Crippen LogP contribution >= 0.6 is 0 Å². The highest BCUT2D eigenvalue weighted by atomic mass is 16.5. The Bertz CT molecular complexity index is 400. The monoisotopic (exact) mass is 237 g/mol.